The SMILES string of the molecule is CCn1c(C)ccc(C(=O)NCCCCC2CCCO2)c1=O. The van der Waals surface area contributed by atoms with E-state index in [1.165, 1.54) is 6.42 Å². The number of nitrogens with zero attached hydrogens (tertiary/aromatic N) is 1. The summed E-state index contributed by atoms with van der Waals surface area (Å²) in [7, 11) is 0. The van der Waals surface area contributed by atoms with Crippen LogP contribution in [0.5, 0.6) is 0 Å². The van der Waals surface area contributed by atoms with Crippen molar-refractivity contribution in [2.75, 3.05) is 13.2 Å². The van der Waals surface area contributed by atoms with Crippen molar-refractivity contribution in [1.82, 2.24) is 9.88 Å². The van der Waals surface area contributed by atoms with Crippen LogP contribution in [-0.2, 0) is 11.3 Å². The van der Waals surface area contributed by atoms with Crippen LogP contribution in [0.2, 0.25) is 0 Å². The molecule has 0 radical (unpaired) electrons. The Balaban J connectivity index is 1.78. The predicted molar refractivity (Wildman–Crippen MR) is 86.3 cm³/mol. The van der Waals surface area contributed by atoms with Crippen LogP contribution in [0.4, 0.5) is 0 Å². The second kappa shape index (κ2) is 8.13. The third-order valence-electron chi connectivity index (χ3n) is 4.22. The van der Waals surface area contributed by atoms with E-state index in [4.69, 9.17) is 4.74 Å². The molecule has 122 valence electrons. The van der Waals surface area contributed by atoms with E-state index >= 15 is 0 Å². The van der Waals surface area contributed by atoms with Crippen LogP contribution in [0.1, 0.15) is 55.1 Å². The van der Waals surface area contributed by atoms with E-state index in [1.807, 2.05) is 19.9 Å². The van der Waals surface area contributed by atoms with Crippen LogP contribution in [0.3, 0.4) is 0 Å². The summed E-state index contributed by atoms with van der Waals surface area (Å²) in [6, 6.07) is 3.43. The van der Waals surface area contributed by atoms with Gasteiger partial charge in [-0.2, -0.15) is 0 Å². The second-order valence-electron chi connectivity index (χ2n) is 5.82. The maximum atomic E-state index is 12.2. The van der Waals surface area contributed by atoms with Crippen LogP contribution in [-0.4, -0.2) is 29.7 Å². The molecule has 1 atom stereocenters. The largest absolute Gasteiger partial charge is 0.378 e. The zero-order chi connectivity index (χ0) is 15.9. The van der Waals surface area contributed by atoms with Crippen LogP contribution >= 0.6 is 0 Å². The summed E-state index contributed by atoms with van der Waals surface area (Å²) in [6.45, 7) is 5.84. The number of hydrogen-bond donors (Lipinski definition) is 1. The van der Waals surface area contributed by atoms with E-state index < -0.39 is 0 Å². The molecule has 1 N–H and O–H groups in total. The van der Waals surface area contributed by atoms with Gasteiger partial charge in [-0.25, -0.2) is 0 Å². The molecule has 1 saturated heterocycles. The fraction of sp³-hybridized carbons (Fsp3) is 0.647. The fourth-order valence-corrected chi connectivity index (χ4v) is 2.90. The molecule has 1 aliphatic rings. The lowest BCUT2D eigenvalue weighted by Crippen LogP contribution is -2.34. The molecule has 1 aliphatic heterocycles. The Labute approximate surface area is 131 Å². The van der Waals surface area contributed by atoms with Crippen LogP contribution in [0.25, 0.3) is 0 Å². The van der Waals surface area contributed by atoms with Gasteiger partial charge in [-0.3, -0.25) is 9.59 Å². The average molecular weight is 306 g/mol. The molecule has 2 rings (SSSR count). The van der Waals surface area contributed by atoms with Gasteiger partial charge in [0, 0.05) is 25.4 Å². The number of carbonyl (C=O) groups excluding carboxylic acids is 1. The van der Waals surface area contributed by atoms with E-state index in [1.54, 1.807) is 10.6 Å². The zero-order valence-electron chi connectivity index (χ0n) is 13.6. The van der Waals surface area contributed by atoms with Gasteiger partial charge >= 0.3 is 0 Å². The molecular formula is C17H26N2O3. The number of aromatic nitrogens is 1. The van der Waals surface area contributed by atoms with Crippen molar-refractivity contribution in [3.05, 3.63) is 33.7 Å². The lowest BCUT2D eigenvalue weighted by Gasteiger charge is -2.11. The Morgan fingerprint density at radius 3 is 2.91 bits per heavy atom. The summed E-state index contributed by atoms with van der Waals surface area (Å²) in [6.07, 6.45) is 5.75. The highest BCUT2D eigenvalue weighted by Gasteiger charge is 2.15. The molecule has 5 heteroatoms. The van der Waals surface area contributed by atoms with Gasteiger partial charge in [0.15, 0.2) is 0 Å². The molecule has 0 saturated carbocycles. The topological polar surface area (TPSA) is 60.3 Å². The molecule has 0 bridgehead atoms. The molecule has 2 heterocycles. The van der Waals surface area contributed by atoms with Crippen molar-refractivity contribution in [1.29, 1.82) is 0 Å². The summed E-state index contributed by atoms with van der Waals surface area (Å²) in [5, 5.41) is 2.84. The maximum Gasteiger partial charge on any atom is 0.263 e. The third kappa shape index (κ3) is 4.19. The number of hydrogen-bond acceptors (Lipinski definition) is 3. The molecule has 1 fully saturated rings. The molecule has 0 spiro atoms. The van der Waals surface area contributed by atoms with E-state index in [0.717, 1.165) is 38.0 Å². The standard InChI is InChI=1S/C17H26N2O3/c1-3-19-13(2)9-10-15(17(19)21)16(20)18-11-5-4-7-14-8-6-12-22-14/h9-10,14H,3-8,11-12H2,1-2H3,(H,18,20). The minimum Gasteiger partial charge on any atom is -0.378 e. The monoisotopic (exact) mass is 306 g/mol. The lowest BCUT2D eigenvalue weighted by atomic mass is 10.1. The number of carbonyl (C=O) groups is 1. The van der Waals surface area contributed by atoms with Gasteiger partial charge in [-0.15, -0.1) is 0 Å². The fourth-order valence-electron chi connectivity index (χ4n) is 2.90. The number of nitrogens with one attached hydrogen (secondary N) is 1. The van der Waals surface area contributed by atoms with Crippen molar-refractivity contribution in [3.8, 4) is 0 Å². The number of rotatable bonds is 7. The second-order valence-corrected chi connectivity index (χ2v) is 5.82. The Morgan fingerprint density at radius 1 is 1.41 bits per heavy atom. The third-order valence-corrected chi connectivity index (χ3v) is 4.22. The number of unbranched alkanes of at least 4 members (excludes halogenated alkanes) is 1. The summed E-state index contributed by atoms with van der Waals surface area (Å²) in [5.41, 5.74) is 0.895. The van der Waals surface area contributed by atoms with Crippen LogP contribution < -0.4 is 10.9 Å². The summed E-state index contributed by atoms with van der Waals surface area (Å²) < 4.78 is 7.19. The molecule has 0 aliphatic carbocycles. The predicted octanol–water partition coefficient (Wildman–Crippen LogP) is 2.26. The first-order valence-electron chi connectivity index (χ1n) is 8.23. The summed E-state index contributed by atoms with van der Waals surface area (Å²) in [4.78, 5) is 24.3. The van der Waals surface area contributed by atoms with E-state index in [-0.39, 0.29) is 17.0 Å². The maximum absolute atomic E-state index is 12.2. The highest BCUT2D eigenvalue weighted by Crippen LogP contribution is 2.17. The van der Waals surface area contributed by atoms with Gasteiger partial charge in [0.05, 0.1) is 6.10 Å². The van der Waals surface area contributed by atoms with Gasteiger partial charge < -0.3 is 14.6 Å². The van der Waals surface area contributed by atoms with Gasteiger partial charge in [-0.05, 0) is 58.1 Å². The van der Waals surface area contributed by atoms with Crippen molar-refractivity contribution < 1.29 is 9.53 Å². The van der Waals surface area contributed by atoms with Crippen molar-refractivity contribution in [2.45, 2.75) is 58.6 Å². The van der Waals surface area contributed by atoms with Gasteiger partial charge in [-0.1, -0.05) is 0 Å². The van der Waals surface area contributed by atoms with E-state index in [0.29, 0.717) is 19.2 Å². The molecule has 22 heavy (non-hydrogen) atoms. The summed E-state index contributed by atoms with van der Waals surface area (Å²) in [5.74, 6) is -0.274. The molecule has 1 aromatic heterocycles. The number of pyridine rings is 1. The molecule has 1 aromatic rings. The van der Waals surface area contributed by atoms with Crippen LogP contribution in [0, 0.1) is 6.92 Å². The smallest absolute Gasteiger partial charge is 0.263 e. The molecule has 0 aromatic carbocycles. The first-order chi connectivity index (χ1) is 10.6. The number of aryl methyl sites for hydroxylation is 1. The van der Waals surface area contributed by atoms with E-state index in [2.05, 4.69) is 5.32 Å². The number of amides is 1. The average Bonchev–Trinajstić information content (AvgIpc) is 3.00. The van der Waals surface area contributed by atoms with E-state index in [9.17, 15) is 9.59 Å². The Hall–Kier alpha value is -1.62. The van der Waals surface area contributed by atoms with Gasteiger partial charge in [0.25, 0.3) is 11.5 Å². The first-order valence-corrected chi connectivity index (χ1v) is 8.23. The van der Waals surface area contributed by atoms with Crippen molar-refractivity contribution in [3.63, 3.8) is 0 Å². The highest BCUT2D eigenvalue weighted by molar-refractivity contribution is 5.93. The number of ether oxygens (including phenoxy) is 1. The lowest BCUT2D eigenvalue weighted by molar-refractivity contribution is 0.0945. The molecule has 5 nitrogen and oxygen atoms in total. The van der Waals surface area contributed by atoms with Gasteiger partial charge in [0.1, 0.15) is 5.56 Å². The molecular weight excluding hydrogens is 280 g/mol. The Bertz CT molecular complexity index is 560. The van der Waals surface area contributed by atoms with Gasteiger partial charge in [0.2, 0.25) is 0 Å². The summed E-state index contributed by atoms with van der Waals surface area (Å²) >= 11 is 0. The first kappa shape index (κ1) is 16.7. The van der Waals surface area contributed by atoms with Crippen molar-refractivity contribution in [2.24, 2.45) is 0 Å². The molecule has 1 unspecified atom stereocenters. The molecule has 1 amide bonds. The minimum atomic E-state index is -0.274. The normalized spacial score (nSPS) is 17.6. The van der Waals surface area contributed by atoms with Crippen molar-refractivity contribution >= 4 is 5.91 Å². The van der Waals surface area contributed by atoms with Crippen LogP contribution in [0.15, 0.2) is 16.9 Å². The Morgan fingerprint density at radius 2 is 2.23 bits per heavy atom. The highest BCUT2D eigenvalue weighted by atomic mass is 16.5. The quantitative estimate of drug-likeness (QED) is 0.786. The zero-order valence-corrected chi connectivity index (χ0v) is 13.6. The minimum absolute atomic E-state index is 0.209. The Kier molecular flexibility index (Phi) is 6.19.